The summed E-state index contributed by atoms with van der Waals surface area (Å²) in [5.74, 6) is -0.698. The first-order valence-electron chi connectivity index (χ1n) is 19.9. The second-order valence-corrected chi connectivity index (χ2v) is 15.7. The van der Waals surface area contributed by atoms with Crippen LogP contribution in [0.1, 0.15) is 81.2 Å². The largest absolute Gasteiger partial charge is 0.457 e. The molecule has 4 aromatic rings. The number of benzene rings is 3. The number of primary amides is 1. The molecule has 292 valence electrons. The molecule has 9 rings (SSSR count). The topological polar surface area (TPSA) is 158 Å². The molecule has 0 aliphatic carbocycles. The van der Waals surface area contributed by atoms with E-state index in [1.54, 1.807) is 12.1 Å². The maximum atomic E-state index is 13.3. The Hall–Kier alpha value is -5.92. The van der Waals surface area contributed by atoms with E-state index in [0.717, 1.165) is 92.5 Å². The van der Waals surface area contributed by atoms with Gasteiger partial charge in [-0.15, -0.1) is 0 Å². The first-order valence-corrected chi connectivity index (χ1v) is 19.9. The van der Waals surface area contributed by atoms with Gasteiger partial charge in [-0.25, -0.2) is 0 Å². The molecule has 1 unspecified atom stereocenters. The molecule has 13 heteroatoms. The van der Waals surface area contributed by atoms with Crippen LogP contribution in [0.2, 0.25) is 0 Å². The molecule has 13 nitrogen and oxygen atoms in total. The standard InChI is InChI=1S/C44H45N7O6/c45-41(53)35-12-13-37(46-40(35)28-6-9-33(10-7-28)57-32-4-2-1-3-5-32)27-16-20-48(21-17-27)29-18-22-49(23-19-29)31-25-50(26-31)30-8-11-34-36(24-30)44(56)51(43(34)55)38-14-15-39(52)47-42(38)54/h1-13,24,27,29,31,38H,14-23,25-26H2,(H2,45,53)(H,47,52,54). The van der Waals surface area contributed by atoms with Crippen molar-refractivity contribution in [1.82, 2.24) is 25.0 Å². The number of piperidine rings is 3. The molecule has 5 amide bonds. The second kappa shape index (κ2) is 15.2. The molecular weight excluding hydrogens is 723 g/mol. The summed E-state index contributed by atoms with van der Waals surface area (Å²) in [6, 6.07) is 26.3. The number of carbonyl (C=O) groups is 5. The van der Waals surface area contributed by atoms with Gasteiger partial charge < -0.3 is 20.3 Å². The number of nitrogens with two attached hydrogens (primary N) is 1. The molecule has 6 heterocycles. The fourth-order valence-corrected chi connectivity index (χ4v) is 9.16. The highest BCUT2D eigenvalue weighted by atomic mass is 16.5. The third kappa shape index (κ3) is 7.17. The molecule has 1 atom stereocenters. The molecule has 57 heavy (non-hydrogen) atoms. The van der Waals surface area contributed by atoms with Crippen LogP contribution in [-0.2, 0) is 9.59 Å². The van der Waals surface area contributed by atoms with E-state index in [4.69, 9.17) is 15.5 Å². The van der Waals surface area contributed by atoms with Crippen molar-refractivity contribution in [2.45, 2.75) is 62.6 Å². The van der Waals surface area contributed by atoms with Gasteiger partial charge in [0.15, 0.2) is 0 Å². The zero-order valence-corrected chi connectivity index (χ0v) is 31.6. The van der Waals surface area contributed by atoms with Crippen LogP contribution in [0, 0.1) is 0 Å². The Morgan fingerprint density at radius 2 is 1.39 bits per heavy atom. The van der Waals surface area contributed by atoms with Crippen LogP contribution in [0.5, 0.6) is 11.5 Å². The number of para-hydroxylation sites is 1. The van der Waals surface area contributed by atoms with Crippen LogP contribution >= 0.6 is 0 Å². The molecule has 0 radical (unpaired) electrons. The van der Waals surface area contributed by atoms with Crippen LogP contribution in [0.25, 0.3) is 11.3 Å². The highest BCUT2D eigenvalue weighted by molar-refractivity contribution is 6.23. The quantitative estimate of drug-likeness (QED) is 0.231. The van der Waals surface area contributed by atoms with Gasteiger partial charge in [0, 0.05) is 67.5 Å². The zero-order valence-electron chi connectivity index (χ0n) is 31.6. The van der Waals surface area contributed by atoms with Crippen molar-refractivity contribution >= 4 is 35.2 Å². The number of nitrogens with one attached hydrogen (secondary N) is 1. The highest BCUT2D eigenvalue weighted by Crippen LogP contribution is 2.36. The number of rotatable bonds is 9. The second-order valence-electron chi connectivity index (χ2n) is 15.7. The highest BCUT2D eigenvalue weighted by Gasteiger charge is 2.45. The van der Waals surface area contributed by atoms with Gasteiger partial charge in [0.1, 0.15) is 17.5 Å². The number of likely N-dealkylation sites (tertiary alicyclic amines) is 2. The average Bonchev–Trinajstić information content (AvgIpc) is 3.46. The van der Waals surface area contributed by atoms with Crippen molar-refractivity contribution in [3.63, 3.8) is 0 Å². The maximum absolute atomic E-state index is 13.3. The molecule has 1 aromatic heterocycles. The SMILES string of the molecule is NC(=O)c1ccc(C2CCN(C3CCN(C4CN(c5ccc6c(c5)C(=O)N(C5CCC(=O)NC5=O)C6=O)C4)CC3)CC2)nc1-c1ccc(Oc2ccccc2)cc1. The fraction of sp³-hybridized carbons (Fsp3) is 0.364. The van der Waals surface area contributed by atoms with E-state index < -0.39 is 29.7 Å². The molecule has 5 aliphatic rings. The Morgan fingerprint density at radius 1 is 0.719 bits per heavy atom. The lowest BCUT2D eigenvalue weighted by atomic mass is 9.89. The number of fused-ring (bicyclic) bond motifs is 1. The van der Waals surface area contributed by atoms with E-state index in [2.05, 4.69) is 20.0 Å². The number of hydrogen-bond donors (Lipinski definition) is 2. The Labute approximate surface area is 330 Å². The van der Waals surface area contributed by atoms with Crippen molar-refractivity contribution in [3.8, 4) is 22.8 Å². The minimum atomic E-state index is -0.968. The third-order valence-electron chi connectivity index (χ3n) is 12.4. The Kier molecular flexibility index (Phi) is 9.79. The molecule has 0 bridgehead atoms. The monoisotopic (exact) mass is 767 g/mol. The molecule has 3 aromatic carbocycles. The van der Waals surface area contributed by atoms with E-state index in [-0.39, 0.29) is 18.7 Å². The van der Waals surface area contributed by atoms with Gasteiger partial charge in [0.25, 0.3) is 17.7 Å². The van der Waals surface area contributed by atoms with E-state index in [1.165, 1.54) is 0 Å². The first-order chi connectivity index (χ1) is 27.7. The van der Waals surface area contributed by atoms with Crippen molar-refractivity contribution in [1.29, 1.82) is 0 Å². The number of anilines is 1. The predicted octanol–water partition coefficient (Wildman–Crippen LogP) is 4.57. The Bertz CT molecular complexity index is 2230. The zero-order chi connectivity index (χ0) is 39.2. The van der Waals surface area contributed by atoms with Gasteiger partial charge in [-0.2, -0.15) is 0 Å². The number of imide groups is 2. The number of aromatic nitrogens is 1. The number of amides is 5. The van der Waals surface area contributed by atoms with Crippen molar-refractivity contribution in [2.75, 3.05) is 44.2 Å². The molecule has 4 fully saturated rings. The Morgan fingerprint density at radius 3 is 2.09 bits per heavy atom. The average molecular weight is 768 g/mol. The van der Waals surface area contributed by atoms with Crippen molar-refractivity contribution < 1.29 is 28.7 Å². The fourth-order valence-electron chi connectivity index (χ4n) is 9.16. The summed E-state index contributed by atoms with van der Waals surface area (Å²) in [5.41, 5.74) is 10.1. The summed E-state index contributed by atoms with van der Waals surface area (Å²) in [7, 11) is 0. The van der Waals surface area contributed by atoms with E-state index >= 15 is 0 Å². The number of ether oxygens (including phenoxy) is 1. The minimum Gasteiger partial charge on any atom is -0.457 e. The lowest BCUT2D eigenvalue weighted by Crippen LogP contribution is -2.62. The summed E-state index contributed by atoms with van der Waals surface area (Å²) < 4.78 is 5.96. The lowest BCUT2D eigenvalue weighted by molar-refractivity contribution is -0.136. The van der Waals surface area contributed by atoms with Gasteiger partial charge >= 0.3 is 0 Å². The first kappa shape index (κ1) is 36.7. The predicted molar refractivity (Wildman–Crippen MR) is 212 cm³/mol. The summed E-state index contributed by atoms with van der Waals surface area (Å²) >= 11 is 0. The molecule has 0 spiro atoms. The van der Waals surface area contributed by atoms with E-state index in [9.17, 15) is 24.0 Å². The van der Waals surface area contributed by atoms with Crippen LogP contribution in [0.4, 0.5) is 5.69 Å². The van der Waals surface area contributed by atoms with E-state index in [0.29, 0.717) is 46.1 Å². The summed E-state index contributed by atoms with van der Waals surface area (Å²) in [4.78, 5) is 76.4. The molecule has 0 saturated carbocycles. The van der Waals surface area contributed by atoms with E-state index in [1.807, 2.05) is 72.8 Å². The maximum Gasteiger partial charge on any atom is 0.262 e. The molecular formula is C44H45N7O6. The van der Waals surface area contributed by atoms with Gasteiger partial charge in [-0.3, -0.25) is 44.1 Å². The minimum absolute atomic E-state index is 0.0956. The van der Waals surface area contributed by atoms with Crippen molar-refractivity contribution in [3.05, 3.63) is 107 Å². The molecule has 3 N–H and O–H groups in total. The number of nitrogens with zero attached hydrogens (tertiary/aromatic N) is 5. The lowest BCUT2D eigenvalue weighted by Gasteiger charge is -2.50. The smallest absolute Gasteiger partial charge is 0.262 e. The number of hydrogen-bond acceptors (Lipinski definition) is 10. The molecule has 4 saturated heterocycles. The van der Waals surface area contributed by atoms with Gasteiger partial charge in [-0.1, -0.05) is 18.2 Å². The van der Waals surface area contributed by atoms with Gasteiger partial charge in [0.05, 0.1) is 22.4 Å². The van der Waals surface area contributed by atoms with Crippen LogP contribution < -0.4 is 20.7 Å². The van der Waals surface area contributed by atoms with Crippen LogP contribution in [-0.4, -0.2) is 107 Å². The van der Waals surface area contributed by atoms with Crippen LogP contribution in [0.3, 0.4) is 0 Å². The number of pyridine rings is 1. The van der Waals surface area contributed by atoms with Gasteiger partial charge in [-0.05, 0) is 112 Å². The summed E-state index contributed by atoms with van der Waals surface area (Å²) in [6.45, 7) is 5.79. The molecule has 5 aliphatic heterocycles. The Balaban J connectivity index is 0.763. The van der Waals surface area contributed by atoms with Gasteiger partial charge in [0.2, 0.25) is 11.8 Å². The summed E-state index contributed by atoms with van der Waals surface area (Å²) in [5, 5.41) is 2.25. The third-order valence-corrected chi connectivity index (χ3v) is 12.4. The number of carbonyl (C=O) groups excluding carboxylic acids is 5. The van der Waals surface area contributed by atoms with Crippen molar-refractivity contribution in [2.24, 2.45) is 5.73 Å². The normalized spacial score (nSPS) is 21.4. The van der Waals surface area contributed by atoms with Crippen LogP contribution in [0.15, 0.2) is 84.9 Å². The summed E-state index contributed by atoms with van der Waals surface area (Å²) in [6.07, 6.45) is 4.48.